The normalized spacial score (nSPS) is 22.0. The molecule has 3 amide bonds. The molecular formula is C51H56F2N10O7S. The Morgan fingerprint density at radius 2 is 1.62 bits per heavy atom. The Balaban J connectivity index is 0.657. The highest BCUT2D eigenvalue weighted by Crippen LogP contribution is 2.37. The van der Waals surface area contributed by atoms with Gasteiger partial charge in [-0.05, 0) is 85.3 Å². The zero-order valence-electron chi connectivity index (χ0n) is 39.4. The van der Waals surface area contributed by atoms with E-state index in [4.69, 9.17) is 4.74 Å². The number of aromatic amines is 1. The number of H-pyrrole nitrogens is 1. The van der Waals surface area contributed by atoms with Crippen LogP contribution >= 0.6 is 0 Å². The summed E-state index contributed by atoms with van der Waals surface area (Å²) in [6.45, 7) is 9.23. The van der Waals surface area contributed by atoms with E-state index in [2.05, 4.69) is 57.8 Å². The van der Waals surface area contributed by atoms with Crippen molar-refractivity contribution in [2.75, 3.05) is 93.6 Å². The van der Waals surface area contributed by atoms with Crippen LogP contribution in [0.1, 0.15) is 63.9 Å². The molecule has 5 fully saturated rings. The molecule has 5 aromatic rings. The molecule has 0 spiro atoms. The number of aromatic nitrogens is 2. The summed E-state index contributed by atoms with van der Waals surface area (Å²) in [5.41, 5.74) is 5.43. The third-order valence-electron chi connectivity index (χ3n) is 15.3. The number of carbonyl (C=O) groups is 4. The van der Waals surface area contributed by atoms with E-state index in [0.29, 0.717) is 41.5 Å². The molecule has 372 valence electrons. The molecule has 0 saturated carbocycles. The van der Waals surface area contributed by atoms with Crippen molar-refractivity contribution in [1.82, 2.24) is 34.3 Å². The molecule has 3 N–H and O–H groups in total. The average molecular weight is 991 g/mol. The van der Waals surface area contributed by atoms with Gasteiger partial charge in [0, 0.05) is 143 Å². The smallest absolute Gasteiger partial charge is 0.301 e. The number of halogens is 2. The first-order valence-corrected chi connectivity index (χ1v) is 25.9. The van der Waals surface area contributed by atoms with Gasteiger partial charge < -0.3 is 29.3 Å². The number of fused-ring (bicyclic) bond motifs is 2. The fourth-order valence-electron chi connectivity index (χ4n) is 11.3. The Morgan fingerprint density at radius 3 is 2.34 bits per heavy atom. The molecule has 17 nitrogen and oxygen atoms in total. The summed E-state index contributed by atoms with van der Waals surface area (Å²) in [4.78, 5) is 70.6. The Labute approximate surface area is 410 Å². The molecule has 0 bridgehead atoms. The van der Waals surface area contributed by atoms with E-state index in [1.807, 2.05) is 30.3 Å². The minimum absolute atomic E-state index is 0.00709. The van der Waals surface area contributed by atoms with Gasteiger partial charge in [-0.3, -0.25) is 34.1 Å². The number of carbonyl (C=O) groups excluding carboxylic acids is 4. The van der Waals surface area contributed by atoms with Crippen molar-refractivity contribution >= 4 is 61.8 Å². The van der Waals surface area contributed by atoms with Crippen LogP contribution in [0, 0.1) is 11.7 Å². The standard InChI is InChI=1S/C51H56F2N10O7S/c1-70-48-43(57-71(68,69)62-17-12-35(52)30-62)9-8-42(53)46(48)47(65)41-25-55-49-40(41)23-33(24-54-49)32-2-4-36(5-3-32)59-15-13-37(14-16-59)60-20-18-58(19-21-60)26-31-27-61(28-31)38-6-7-39-34(22-38)29-63(51(39)67)44-10-11-45(64)56-50(44)66/h2-9,22-25,31,35,37,44,57H,10-21,26-30H2,1H3,(H,54,55)(H,56,64,66)/t35-,44?/m1/s1. The fraction of sp³-hybridized carbons (Fsp3) is 0.431. The van der Waals surface area contributed by atoms with Crippen molar-refractivity contribution in [2.24, 2.45) is 5.92 Å². The third-order valence-corrected chi connectivity index (χ3v) is 16.8. The van der Waals surface area contributed by atoms with Gasteiger partial charge in [-0.25, -0.2) is 13.8 Å². The number of piperidine rings is 2. The number of hydrogen-bond acceptors (Lipinski definition) is 12. The molecule has 5 saturated heterocycles. The first-order chi connectivity index (χ1) is 34.3. The van der Waals surface area contributed by atoms with Crippen molar-refractivity contribution in [2.45, 2.75) is 56.9 Å². The Bertz CT molecular complexity index is 3020. The number of pyridine rings is 1. The minimum Gasteiger partial charge on any atom is -0.494 e. The van der Waals surface area contributed by atoms with Gasteiger partial charge in [-0.15, -0.1) is 0 Å². The van der Waals surface area contributed by atoms with E-state index < -0.39 is 45.5 Å². The van der Waals surface area contributed by atoms with Crippen LogP contribution in [0.25, 0.3) is 22.2 Å². The molecule has 1 unspecified atom stereocenters. The second-order valence-electron chi connectivity index (χ2n) is 19.6. The quantitative estimate of drug-likeness (QED) is 0.109. The summed E-state index contributed by atoms with van der Waals surface area (Å²) in [7, 11) is -2.98. The van der Waals surface area contributed by atoms with Crippen LogP contribution in [-0.4, -0.2) is 158 Å². The molecule has 20 heteroatoms. The molecule has 2 aromatic heterocycles. The monoisotopic (exact) mass is 990 g/mol. The summed E-state index contributed by atoms with van der Waals surface area (Å²) in [5.74, 6) is -2.15. The zero-order valence-corrected chi connectivity index (χ0v) is 40.2. The number of benzene rings is 3. The maximum Gasteiger partial charge on any atom is 0.301 e. The van der Waals surface area contributed by atoms with Crippen molar-refractivity contribution < 1.29 is 41.1 Å². The van der Waals surface area contributed by atoms with Gasteiger partial charge in [-0.2, -0.15) is 12.7 Å². The Hall–Kier alpha value is -6.48. The SMILES string of the molecule is COc1c(NS(=O)(=O)N2CC[C@@H](F)C2)ccc(F)c1C(=O)c1c[nH]c2ncc(-c3ccc(N4CCC(N5CCN(CC6CN(c7ccc8c(c7)CN(C7CCC(=O)NC7=O)C8=O)C6)CC5)CC4)cc3)cc12. The third kappa shape index (κ3) is 9.10. The highest BCUT2D eigenvalue weighted by Gasteiger charge is 2.40. The second kappa shape index (κ2) is 18.9. The molecule has 3 aromatic carbocycles. The molecule has 6 aliphatic heterocycles. The molecular weight excluding hydrogens is 935 g/mol. The largest absolute Gasteiger partial charge is 0.494 e. The molecule has 2 atom stereocenters. The first kappa shape index (κ1) is 46.9. The van der Waals surface area contributed by atoms with Crippen molar-refractivity contribution in [3.63, 3.8) is 0 Å². The lowest BCUT2D eigenvalue weighted by Gasteiger charge is -2.46. The van der Waals surface area contributed by atoms with Crippen LogP contribution in [0.5, 0.6) is 5.75 Å². The van der Waals surface area contributed by atoms with Crippen molar-refractivity contribution in [3.8, 4) is 16.9 Å². The van der Waals surface area contributed by atoms with Crippen LogP contribution in [0.3, 0.4) is 0 Å². The highest BCUT2D eigenvalue weighted by molar-refractivity contribution is 7.90. The Kier molecular flexibility index (Phi) is 12.5. The van der Waals surface area contributed by atoms with Gasteiger partial charge in [0.1, 0.15) is 29.2 Å². The van der Waals surface area contributed by atoms with Crippen LogP contribution in [-0.2, 0) is 26.3 Å². The number of ether oxygens (including phenoxy) is 1. The fourth-order valence-corrected chi connectivity index (χ4v) is 12.6. The van der Waals surface area contributed by atoms with Gasteiger partial charge in [0.2, 0.25) is 17.6 Å². The summed E-state index contributed by atoms with van der Waals surface area (Å²) >= 11 is 0. The zero-order chi connectivity index (χ0) is 49.1. The molecule has 6 aliphatic rings. The predicted molar refractivity (Wildman–Crippen MR) is 263 cm³/mol. The number of imide groups is 1. The summed E-state index contributed by atoms with van der Waals surface area (Å²) in [6, 6.07) is 18.2. The van der Waals surface area contributed by atoms with E-state index in [-0.39, 0.29) is 54.7 Å². The number of piperazine rings is 1. The number of ketones is 1. The number of alkyl halides is 1. The van der Waals surface area contributed by atoms with Crippen molar-refractivity contribution in [1.29, 1.82) is 0 Å². The Morgan fingerprint density at radius 1 is 0.859 bits per heavy atom. The van der Waals surface area contributed by atoms with E-state index in [0.717, 1.165) is 110 Å². The van der Waals surface area contributed by atoms with Gasteiger partial charge in [0.05, 0.1) is 12.8 Å². The summed E-state index contributed by atoms with van der Waals surface area (Å²) in [6.07, 6.45) is 4.72. The van der Waals surface area contributed by atoms with Gasteiger partial charge in [0.15, 0.2) is 5.75 Å². The molecule has 0 radical (unpaired) electrons. The van der Waals surface area contributed by atoms with Crippen LogP contribution in [0.4, 0.5) is 25.8 Å². The topological polar surface area (TPSA) is 184 Å². The number of nitrogens with one attached hydrogen (secondary N) is 3. The number of amides is 3. The van der Waals surface area contributed by atoms with Gasteiger partial charge in [0.25, 0.3) is 5.91 Å². The van der Waals surface area contributed by atoms with Gasteiger partial charge in [-0.1, -0.05) is 12.1 Å². The predicted octanol–water partition coefficient (Wildman–Crippen LogP) is 4.79. The van der Waals surface area contributed by atoms with E-state index in [9.17, 15) is 32.0 Å². The summed E-state index contributed by atoms with van der Waals surface area (Å²) < 4.78 is 64.2. The molecule has 11 rings (SSSR count). The maximum atomic E-state index is 15.5. The average Bonchev–Trinajstić information content (AvgIpc) is 4.09. The van der Waals surface area contributed by atoms with E-state index >= 15 is 4.39 Å². The van der Waals surface area contributed by atoms with E-state index in [1.54, 1.807) is 11.1 Å². The number of methoxy groups -OCH3 is 1. The van der Waals surface area contributed by atoms with Crippen LogP contribution in [0.2, 0.25) is 0 Å². The van der Waals surface area contributed by atoms with Gasteiger partial charge >= 0.3 is 10.2 Å². The number of hydrogen-bond donors (Lipinski definition) is 3. The minimum atomic E-state index is -4.20. The molecule has 71 heavy (non-hydrogen) atoms. The first-order valence-electron chi connectivity index (χ1n) is 24.4. The highest BCUT2D eigenvalue weighted by atomic mass is 32.2. The lowest BCUT2D eigenvalue weighted by molar-refractivity contribution is -0.136. The molecule has 0 aliphatic carbocycles. The number of anilines is 3. The van der Waals surface area contributed by atoms with E-state index in [1.165, 1.54) is 19.4 Å². The lowest BCUT2D eigenvalue weighted by atomic mass is 9.96. The van der Waals surface area contributed by atoms with Crippen LogP contribution < -0.4 is 24.6 Å². The summed E-state index contributed by atoms with van der Waals surface area (Å²) in [5, 5.41) is 2.83. The number of nitrogens with zero attached hydrogens (tertiary/aromatic N) is 7. The van der Waals surface area contributed by atoms with Crippen molar-refractivity contribution in [3.05, 3.63) is 101 Å². The lowest BCUT2D eigenvalue weighted by Crippen LogP contribution is -2.57. The van der Waals surface area contributed by atoms with Crippen LogP contribution in [0.15, 0.2) is 73.1 Å². The number of rotatable bonds is 13. The second-order valence-corrected chi connectivity index (χ2v) is 21.3. The molecule has 8 heterocycles. The maximum absolute atomic E-state index is 15.5.